The third-order valence-electron chi connectivity index (χ3n) is 6.12. The summed E-state index contributed by atoms with van der Waals surface area (Å²) in [4.78, 5) is 20.4. The molecule has 3 aromatic rings. The second-order valence-corrected chi connectivity index (χ2v) is 10.8. The van der Waals surface area contributed by atoms with Crippen LogP contribution in [0.5, 0.6) is 0 Å². The van der Waals surface area contributed by atoms with Crippen molar-refractivity contribution in [2.45, 2.75) is 38.6 Å². The number of carboxylic acids is 1. The van der Waals surface area contributed by atoms with Crippen LogP contribution in [0.25, 0.3) is 0 Å². The standard InChI is InChI=1S/C26H30N4O4S/c1-17-6-5-7-22(11-17)30-9-8-29(16-20(30)4)25-24(14-21(15-27-25)26(31)32)28-35(33,34)23-12-18(2)10-19(3)13-23/h5-7,10-15,20,28H,8-9,16H2,1-4H3,(H,31,32)/t20-/m0/s1. The summed E-state index contributed by atoms with van der Waals surface area (Å²) in [6, 6.07) is 14.9. The molecule has 0 amide bonds. The van der Waals surface area contributed by atoms with Crippen LogP contribution in [0.4, 0.5) is 17.2 Å². The number of sulfonamides is 1. The molecule has 2 N–H and O–H groups in total. The first-order valence-electron chi connectivity index (χ1n) is 11.5. The van der Waals surface area contributed by atoms with Crippen molar-refractivity contribution in [1.29, 1.82) is 0 Å². The van der Waals surface area contributed by atoms with E-state index in [9.17, 15) is 18.3 Å². The topological polar surface area (TPSA) is 103 Å². The highest BCUT2D eigenvalue weighted by atomic mass is 32.2. The molecule has 0 unspecified atom stereocenters. The van der Waals surface area contributed by atoms with Gasteiger partial charge in [-0.25, -0.2) is 18.2 Å². The number of hydrogen-bond donors (Lipinski definition) is 2. The fraction of sp³-hybridized carbons (Fsp3) is 0.308. The molecule has 4 rings (SSSR count). The van der Waals surface area contributed by atoms with Crippen LogP contribution in [0, 0.1) is 20.8 Å². The predicted molar refractivity (Wildman–Crippen MR) is 138 cm³/mol. The van der Waals surface area contributed by atoms with Crippen LogP contribution in [0.1, 0.15) is 34.0 Å². The highest BCUT2D eigenvalue weighted by molar-refractivity contribution is 7.92. The number of aryl methyl sites for hydroxylation is 3. The lowest BCUT2D eigenvalue weighted by Crippen LogP contribution is -2.52. The summed E-state index contributed by atoms with van der Waals surface area (Å²) in [5, 5.41) is 9.49. The van der Waals surface area contributed by atoms with Crippen molar-refractivity contribution in [3.63, 3.8) is 0 Å². The van der Waals surface area contributed by atoms with Gasteiger partial charge in [-0.2, -0.15) is 0 Å². The first kappa shape index (κ1) is 24.5. The van der Waals surface area contributed by atoms with E-state index in [-0.39, 0.29) is 22.2 Å². The molecule has 184 valence electrons. The molecule has 8 nitrogen and oxygen atoms in total. The van der Waals surface area contributed by atoms with Gasteiger partial charge in [0.15, 0.2) is 5.82 Å². The van der Waals surface area contributed by atoms with E-state index in [4.69, 9.17) is 0 Å². The van der Waals surface area contributed by atoms with Crippen molar-refractivity contribution in [3.05, 3.63) is 77.0 Å². The van der Waals surface area contributed by atoms with Crippen molar-refractivity contribution in [3.8, 4) is 0 Å². The molecule has 0 spiro atoms. The monoisotopic (exact) mass is 494 g/mol. The smallest absolute Gasteiger partial charge is 0.337 e. The van der Waals surface area contributed by atoms with Gasteiger partial charge >= 0.3 is 5.97 Å². The van der Waals surface area contributed by atoms with Gasteiger partial charge in [-0.3, -0.25) is 4.72 Å². The number of pyridine rings is 1. The lowest BCUT2D eigenvalue weighted by atomic mass is 10.1. The molecule has 9 heteroatoms. The van der Waals surface area contributed by atoms with E-state index in [2.05, 4.69) is 46.7 Å². The van der Waals surface area contributed by atoms with E-state index in [1.165, 1.54) is 17.8 Å². The molecule has 1 atom stereocenters. The SMILES string of the molecule is Cc1cccc(N2CCN(c3ncc(C(=O)O)cc3NS(=O)(=O)c3cc(C)cc(C)c3)C[C@@H]2C)c1. The molecule has 1 saturated heterocycles. The van der Waals surface area contributed by atoms with Gasteiger partial charge in [-0.1, -0.05) is 18.2 Å². The van der Waals surface area contributed by atoms with Crippen LogP contribution in [-0.2, 0) is 10.0 Å². The van der Waals surface area contributed by atoms with Crippen molar-refractivity contribution >= 4 is 33.2 Å². The van der Waals surface area contributed by atoms with Gasteiger partial charge in [-0.05, 0) is 74.7 Å². The van der Waals surface area contributed by atoms with E-state index < -0.39 is 16.0 Å². The summed E-state index contributed by atoms with van der Waals surface area (Å²) in [5.41, 5.74) is 4.04. The summed E-state index contributed by atoms with van der Waals surface area (Å²) in [6.45, 7) is 9.77. The quantitative estimate of drug-likeness (QED) is 0.529. The number of hydrogen-bond acceptors (Lipinski definition) is 6. The Morgan fingerprint density at radius 3 is 2.37 bits per heavy atom. The summed E-state index contributed by atoms with van der Waals surface area (Å²) < 4.78 is 29.1. The maximum Gasteiger partial charge on any atom is 0.337 e. The van der Waals surface area contributed by atoms with E-state index in [1.54, 1.807) is 12.1 Å². The van der Waals surface area contributed by atoms with Crippen LogP contribution in [0.2, 0.25) is 0 Å². The van der Waals surface area contributed by atoms with Crippen LogP contribution >= 0.6 is 0 Å². The summed E-state index contributed by atoms with van der Waals surface area (Å²) >= 11 is 0. The van der Waals surface area contributed by atoms with Gasteiger partial charge < -0.3 is 14.9 Å². The third kappa shape index (κ3) is 5.40. The molecule has 2 heterocycles. The first-order valence-corrected chi connectivity index (χ1v) is 12.9. The molecule has 35 heavy (non-hydrogen) atoms. The predicted octanol–water partition coefficient (Wildman–Crippen LogP) is 4.22. The number of nitrogens with one attached hydrogen (secondary N) is 1. The van der Waals surface area contributed by atoms with Gasteiger partial charge in [0.2, 0.25) is 0 Å². The summed E-state index contributed by atoms with van der Waals surface area (Å²) in [7, 11) is -3.95. The molecule has 0 bridgehead atoms. The lowest BCUT2D eigenvalue weighted by Gasteiger charge is -2.42. The number of carboxylic acid groups (broad SMARTS) is 1. The molecular formula is C26H30N4O4S. The van der Waals surface area contributed by atoms with E-state index in [1.807, 2.05) is 30.9 Å². The van der Waals surface area contributed by atoms with Gasteiger partial charge in [0, 0.05) is 37.6 Å². The van der Waals surface area contributed by atoms with Crippen LogP contribution in [0.3, 0.4) is 0 Å². The third-order valence-corrected chi connectivity index (χ3v) is 7.47. The number of rotatable bonds is 6. The Balaban J connectivity index is 1.65. The zero-order valence-corrected chi connectivity index (χ0v) is 21.1. The van der Waals surface area contributed by atoms with Crippen LogP contribution in [-0.4, -0.2) is 50.2 Å². The summed E-state index contributed by atoms with van der Waals surface area (Å²) in [6.07, 6.45) is 1.27. The zero-order chi connectivity index (χ0) is 25.3. The maximum absolute atomic E-state index is 13.2. The number of benzene rings is 2. The second-order valence-electron chi connectivity index (χ2n) is 9.16. The van der Waals surface area contributed by atoms with Crippen molar-refractivity contribution in [2.75, 3.05) is 34.2 Å². The fourth-order valence-electron chi connectivity index (χ4n) is 4.53. The van der Waals surface area contributed by atoms with E-state index in [0.717, 1.165) is 23.4 Å². The molecule has 1 fully saturated rings. The van der Waals surface area contributed by atoms with Crippen LogP contribution in [0.15, 0.2) is 59.6 Å². The van der Waals surface area contributed by atoms with Crippen molar-refractivity contribution in [1.82, 2.24) is 4.98 Å². The zero-order valence-electron chi connectivity index (χ0n) is 20.3. The average molecular weight is 495 g/mol. The lowest BCUT2D eigenvalue weighted by molar-refractivity contribution is 0.0696. The number of carbonyl (C=O) groups is 1. The molecule has 0 aliphatic carbocycles. The molecular weight excluding hydrogens is 464 g/mol. The minimum Gasteiger partial charge on any atom is -0.478 e. The normalized spacial score (nSPS) is 16.3. The van der Waals surface area contributed by atoms with Gasteiger partial charge in [0.1, 0.15) is 0 Å². The highest BCUT2D eigenvalue weighted by Crippen LogP contribution is 2.31. The minimum absolute atomic E-state index is 0.0849. The van der Waals surface area contributed by atoms with Gasteiger partial charge in [-0.15, -0.1) is 0 Å². The first-order chi connectivity index (χ1) is 16.5. The largest absolute Gasteiger partial charge is 0.478 e. The molecule has 0 saturated carbocycles. The number of anilines is 3. The Bertz CT molecular complexity index is 1350. The minimum atomic E-state index is -3.95. The maximum atomic E-state index is 13.2. The van der Waals surface area contributed by atoms with Crippen molar-refractivity contribution < 1.29 is 18.3 Å². The molecule has 2 aromatic carbocycles. The second kappa shape index (κ2) is 9.58. The number of aromatic carboxylic acids is 1. The van der Waals surface area contributed by atoms with Gasteiger partial charge in [0.05, 0.1) is 16.1 Å². The van der Waals surface area contributed by atoms with Gasteiger partial charge in [0.25, 0.3) is 10.0 Å². The summed E-state index contributed by atoms with van der Waals surface area (Å²) in [5.74, 6) is -0.757. The Morgan fingerprint density at radius 2 is 1.74 bits per heavy atom. The fourth-order valence-corrected chi connectivity index (χ4v) is 5.77. The molecule has 0 radical (unpaired) electrons. The number of nitrogens with zero attached hydrogens (tertiary/aromatic N) is 3. The van der Waals surface area contributed by atoms with E-state index in [0.29, 0.717) is 18.9 Å². The Labute approximate surface area is 206 Å². The van der Waals surface area contributed by atoms with Crippen LogP contribution < -0.4 is 14.5 Å². The van der Waals surface area contributed by atoms with E-state index >= 15 is 0 Å². The highest BCUT2D eigenvalue weighted by Gasteiger charge is 2.28. The number of piperazine rings is 1. The molecule has 1 aliphatic rings. The van der Waals surface area contributed by atoms with Crippen molar-refractivity contribution in [2.24, 2.45) is 0 Å². The number of aromatic nitrogens is 1. The average Bonchev–Trinajstić information content (AvgIpc) is 2.78. The Hall–Kier alpha value is -3.59. The molecule has 1 aliphatic heterocycles. The Kier molecular flexibility index (Phi) is 6.71. The Morgan fingerprint density at radius 1 is 1.03 bits per heavy atom. The molecule has 1 aromatic heterocycles.